The number of halogens is 1. The molecule has 3 N–H and O–H groups in total. The van der Waals surface area contributed by atoms with E-state index in [0.717, 1.165) is 24.1 Å². The highest BCUT2D eigenvalue weighted by Gasteiger charge is 2.24. The van der Waals surface area contributed by atoms with E-state index in [-0.39, 0.29) is 30.8 Å². The quantitative estimate of drug-likeness (QED) is 0.503. The molecule has 1 aliphatic rings. The van der Waals surface area contributed by atoms with E-state index in [1.54, 1.807) is 29.2 Å². The number of para-hydroxylation sites is 1. The molecule has 0 saturated carbocycles. The Hall–Kier alpha value is -4.20. The van der Waals surface area contributed by atoms with E-state index in [4.69, 9.17) is 0 Å². The number of nitrogens with one attached hydrogen (secondary N) is 3. The van der Waals surface area contributed by atoms with Crippen LogP contribution in [0, 0.1) is 5.82 Å². The summed E-state index contributed by atoms with van der Waals surface area (Å²) in [6.07, 6.45) is 1.62. The molecule has 174 valence electrons. The first kappa shape index (κ1) is 23.0. The van der Waals surface area contributed by atoms with Gasteiger partial charge in [-0.15, -0.1) is 0 Å². The zero-order valence-corrected chi connectivity index (χ0v) is 18.5. The van der Waals surface area contributed by atoms with Gasteiger partial charge in [0.05, 0.1) is 0 Å². The maximum Gasteiger partial charge on any atom is 0.319 e. The zero-order chi connectivity index (χ0) is 23.9. The highest BCUT2D eigenvalue weighted by Crippen LogP contribution is 2.33. The Kier molecular flexibility index (Phi) is 7.17. The van der Waals surface area contributed by atoms with E-state index in [9.17, 15) is 18.8 Å². The van der Waals surface area contributed by atoms with Gasteiger partial charge in [0.15, 0.2) is 0 Å². The first-order chi connectivity index (χ1) is 16.5. The molecule has 1 heterocycles. The van der Waals surface area contributed by atoms with Crippen LogP contribution in [0.15, 0.2) is 72.8 Å². The Labute approximate surface area is 197 Å². The summed E-state index contributed by atoms with van der Waals surface area (Å²) in [6.45, 7) is 0.766. The monoisotopic (exact) mass is 460 g/mol. The molecule has 8 heteroatoms. The SMILES string of the molecule is O=C(NCCC(=O)N1CCCc2c(NC(=O)c3ccc(F)cc3)cccc21)Nc1ccccc1. The fourth-order valence-electron chi connectivity index (χ4n) is 3.91. The summed E-state index contributed by atoms with van der Waals surface area (Å²) in [5.74, 6) is -0.858. The second-order valence-corrected chi connectivity index (χ2v) is 7.91. The second kappa shape index (κ2) is 10.6. The zero-order valence-electron chi connectivity index (χ0n) is 18.5. The number of amides is 4. The molecule has 3 aromatic rings. The number of anilines is 3. The largest absolute Gasteiger partial charge is 0.337 e. The molecule has 0 spiro atoms. The Balaban J connectivity index is 1.37. The van der Waals surface area contributed by atoms with Crippen molar-refractivity contribution >= 4 is 34.9 Å². The van der Waals surface area contributed by atoms with Crippen molar-refractivity contribution < 1.29 is 18.8 Å². The van der Waals surface area contributed by atoms with Gasteiger partial charge in [0.1, 0.15) is 5.82 Å². The van der Waals surface area contributed by atoms with E-state index in [2.05, 4.69) is 16.0 Å². The summed E-state index contributed by atoms with van der Waals surface area (Å²) < 4.78 is 13.2. The van der Waals surface area contributed by atoms with Crippen molar-refractivity contribution in [1.82, 2.24) is 5.32 Å². The van der Waals surface area contributed by atoms with Gasteiger partial charge in [0.25, 0.3) is 5.91 Å². The predicted octanol–water partition coefficient (Wildman–Crippen LogP) is 4.57. The maximum atomic E-state index is 13.2. The highest BCUT2D eigenvalue weighted by molar-refractivity contribution is 6.05. The lowest BCUT2D eigenvalue weighted by Crippen LogP contribution is -2.38. The lowest BCUT2D eigenvalue weighted by atomic mass is 9.99. The van der Waals surface area contributed by atoms with Crippen LogP contribution in [-0.2, 0) is 11.2 Å². The van der Waals surface area contributed by atoms with Crippen LogP contribution < -0.4 is 20.9 Å². The standard InChI is InChI=1S/C26H25FN4O3/c27-19-13-11-18(12-14-19)25(33)30-22-9-4-10-23-21(22)8-5-17-31(23)24(32)15-16-28-26(34)29-20-6-2-1-3-7-20/h1-4,6-7,9-14H,5,8,15-17H2,(H,30,33)(H2,28,29,34). The van der Waals surface area contributed by atoms with Gasteiger partial charge in [-0.25, -0.2) is 9.18 Å². The van der Waals surface area contributed by atoms with Crippen LogP contribution in [0.3, 0.4) is 0 Å². The van der Waals surface area contributed by atoms with Crippen LogP contribution in [0.1, 0.15) is 28.8 Å². The summed E-state index contributed by atoms with van der Waals surface area (Å²) >= 11 is 0. The normalized spacial score (nSPS) is 12.4. The van der Waals surface area contributed by atoms with Crippen LogP contribution in [0.4, 0.5) is 26.2 Å². The van der Waals surface area contributed by atoms with Gasteiger partial charge in [-0.1, -0.05) is 24.3 Å². The minimum absolute atomic E-state index is 0.108. The molecule has 0 saturated heterocycles. The fourth-order valence-corrected chi connectivity index (χ4v) is 3.91. The predicted molar refractivity (Wildman–Crippen MR) is 130 cm³/mol. The summed E-state index contributed by atoms with van der Waals surface area (Å²) in [4.78, 5) is 39.3. The number of benzene rings is 3. The molecule has 7 nitrogen and oxygen atoms in total. The Morgan fingerprint density at radius 2 is 1.65 bits per heavy atom. The molecule has 0 fully saturated rings. The number of urea groups is 1. The topological polar surface area (TPSA) is 90.5 Å². The second-order valence-electron chi connectivity index (χ2n) is 7.91. The third kappa shape index (κ3) is 5.58. The number of nitrogens with zero attached hydrogens (tertiary/aromatic N) is 1. The molecule has 4 amide bonds. The van der Waals surface area contributed by atoms with Crippen molar-refractivity contribution in [3.8, 4) is 0 Å². The van der Waals surface area contributed by atoms with Crippen LogP contribution >= 0.6 is 0 Å². The van der Waals surface area contributed by atoms with Crippen molar-refractivity contribution in [2.45, 2.75) is 19.3 Å². The summed E-state index contributed by atoms with van der Waals surface area (Å²) in [5, 5.41) is 8.30. The summed E-state index contributed by atoms with van der Waals surface area (Å²) in [5.41, 5.74) is 3.29. The first-order valence-corrected chi connectivity index (χ1v) is 11.1. The van der Waals surface area contributed by atoms with E-state index in [1.807, 2.05) is 24.3 Å². The molecule has 0 unspecified atom stereocenters. The van der Waals surface area contributed by atoms with E-state index in [1.165, 1.54) is 24.3 Å². The third-order valence-electron chi connectivity index (χ3n) is 5.56. The van der Waals surface area contributed by atoms with Crippen molar-refractivity contribution in [2.24, 2.45) is 0 Å². The molecule has 4 rings (SSSR count). The van der Waals surface area contributed by atoms with E-state index < -0.39 is 5.82 Å². The molecule has 0 aromatic heterocycles. The number of rotatable bonds is 6. The van der Waals surface area contributed by atoms with Gasteiger partial charge < -0.3 is 20.9 Å². The summed E-state index contributed by atoms with van der Waals surface area (Å²) in [6, 6.07) is 19.5. The van der Waals surface area contributed by atoms with Crippen molar-refractivity contribution in [3.63, 3.8) is 0 Å². The van der Waals surface area contributed by atoms with Gasteiger partial charge in [0, 0.05) is 42.1 Å². The van der Waals surface area contributed by atoms with Crippen LogP contribution in [0.5, 0.6) is 0 Å². The number of fused-ring (bicyclic) bond motifs is 1. The maximum absolute atomic E-state index is 13.2. The average Bonchev–Trinajstić information content (AvgIpc) is 2.85. The molecule has 1 aliphatic heterocycles. The average molecular weight is 461 g/mol. The van der Waals surface area contributed by atoms with Gasteiger partial charge in [0.2, 0.25) is 5.91 Å². The Morgan fingerprint density at radius 1 is 0.882 bits per heavy atom. The van der Waals surface area contributed by atoms with E-state index in [0.29, 0.717) is 23.5 Å². The Morgan fingerprint density at radius 3 is 2.41 bits per heavy atom. The number of carbonyl (C=O) groups excluding carboxylic acids is 3. The lowest BCUT2D eigenvalue weighted by molar-refractivity contribution is -0.118. The fraction of sp³-hybridized carbons (Fsp3) is 0.192. The molecule has 0 bridgehead atoms. The molecular formula is C26H25FN4O3. The molecule has 0 atom stereocenters. The minimum Gasteiger partial charge on any atom is -0.337 e. The number of hydrogen-bond donors (Lipinski definition) is 3. The van der Waals surface area contributed by atoms with E-state index >= 15 is 0 Å². The van der Waals surface area contributed by atoms with Gasteiger partial charge in [-0.05, 0) is 66.9 Å². The molecule has 3 aromatic carbocycles. The molecule has 0 aliphatic carbocycles. The Bertz CT molecular complexity index is 1180. The molecule has 34 heavy (non-hydrogen) atoms. The van der Waals surface area contributed by atoms with Crippen molar-refractivity contribution in [2.75, 3.05) is 28.6 Å². The highest BCUT2D eigenvalue weighted by atomic mass is 19.1. The molecule has 0 radical (unpaired) electrons. The van der Waals surface area contributed by atoms with Crippen LogP contribution in [0.2, 0.25) is 0 Å². The number of carbonyl (C=O) groups is 3. The van der Waals surface area contributed by atoms with Crippen LogP contribution in [-0.4, -0.2) is 30.9 Å². The number of hydrogen-bond acceptors (Lipinski definition) is 3. The van der Waals surface area contributed by atoms with Gasteiger partial charge in [-0.3, -0.25) is 9.59 Å². The lowest BCUT2D eigenvalue weighted by Gasteiger charge is -2.31. The minimum atomic E-state index is -0.408. The van der Waals surface area contributed by atoms with Crippen molar-refractivity contribution in [1.29, 1.82) is 0 Å². The van der Waals surface area contributed by atoms with Crippen molar-refractivity contribution in [3.05, 3.63) is 89.7 Å². The van der Waals surface area contributed by atoms with Gasteiger partial charge >= 0.3 is 6.03 Å². The van der Waals surface area contributed by atoms with Crippen LogP contribution in [0.25, 0.3) is 0 Å². The smallest absolute Gasteiger partial charge is 0.319 e. The first-order valence-electron chi connectivity index (χ1n) is 11.1. The molecular weight excluding hydrogens is 435 g/mol. The third-order valence-corrected chi connectivity index (χ3v) is 5.56. The summed E-state index contributed by atoms with van der Waals surface area (Å²) in [7, 11) is 0. The van der Waals surface area contributed by atoms with Gasteiger partial charge in [-0.2, -0.15) is 0 Å².